The van der Waals surface area contributed by atoms with Gasteiger partial charge in [-0.3, -0.25) is 4.79 Å². The van der Waals surface area contributed by atoms with Crippen molar-refractivity contribution in [2.24, 2.45) is 0 Å². The lowest BCUT2D eigenvalue weighted by molar-refractivity contribution is -0.139. The summed E-state index contributed by atoms with van der Waals surface area (Å²) in [6.45, 7) is -0.503. The predicted octanol–water partition coefficient (Wildman–Crippen LogP) is 4.36. The Morgan fingerprint density at radius 1 is 1.16 bits per heavy atom. The van der Waals surface area contributed by atoms with Crippen molar-refractivity contribution in [1.29, 1.82) is 0 Å². The Kier molecular flexibility index (Phi) is 6.44. The van der Waals surface area contributed by atoms with Gasteiger partial charge in [-0.25, -0.2) is 4.79 Å². The van der Waals surface area contributed by atoms with Crippen molar-refractivity contribution in [2.75, 3.05) is 13.7 Å². The van der Waals surface area contributed by atoms with E-state index in [9.17, 15) is 9.59 Å². The highest BCUT2D eigenvalue weighted by molar-refractivity contribution is 6.42. The summed E-state index contributed by atoms with van der Waals surface area (Å²) in [7, 11) is 1.40. The van der Waals surface area contributed by atoms with Gasteiger partial charge in [0.1, 0.15) is 0 Å². The van der Waals surface area contributed by atoms with Gasteiger partial charge in [-0.1, -0.05) is 35.3 Å². The van der Waals surface area contributed by atoms with Crippen LogP contribution in [0.5, 0.6) is 11.5 Å². The Bertz CT molecular complexity index is 830. The molecule has 0 atom stereocenters. The van der Waals surface area contributed by atoms with Gasteiger partial charge in [0.25, 0.3) is 0 Å². The third-order valence-electron chi connectivity index (χ3n) is 3.20. The first kappa shape index (κ1) is 18.8. The number of rotatable bonds is 7. The highest BCUT2D eigenvalue weighted by atomic mass is 35.5. The van der Waals surface area contributed by atoms with Crippen LogP contribution < -0.4 is 9.47 Å². The summed E-state index contributed by atoms with van der Waals surface area (Å²) in [5, 5.41) is 9.42. The van der Waals surface area contributed by atoms with Gasteiger partial charge in [-0.2, -0.15) is 0 Å². The van der Waals surface area contributed by atoms with Crippen molar-refractivity contribution < 1.29 is 24.2 Å². The van der Waals surface area contributed by atoms with Gasteiger partial charge in [0.15, 0.2) is 23.9 Å². The van der Waals surface area contributed by atoms with E-state index in [1.807, 2.05) is 0 Å². The molecule has 2 aromatic rings. The van der Waals surface area contributed by atoms with Crippen molar-refractivity contribution in [3.8, 4) is 11.5 Å². The first-order valence-electron chi connectivity index (χ1n) is 7.11. The fourth-order valence-electron chi connectivity index (χ4n) is 1.99. The molecule has 0 bridgehead atoms. The van der Waals surface area contributed by atoms with Crippen molar-refractivity contribution in [1.82, 2.24) is 0 Å². The molecule has 0 saturated carbocycles. The smallest absolute Gasteiger partial charge is 0.341 e. The molecule has 1 N–H and O–H groups in total. The minimum absolute atomic E-state index is 0.239. The van der Waals surface area contributed by atoms with Crippen LogP contribution >= 0.6 is 23.2 Å². The number of hydrogen-bond donors (Lipinski definition) is 1. The molecule has 0 fully saturated rings. The number of ketones is 1. The van der Waals surface area contributed by atoms with Crippen LogP contribution in [-0.2, 0) is 4.79 Å². The Morgan fingerprint density at radius 2 is 1.92 bits per heavy atom. The Balaban J connectivity index is 2.20. The Morgan fingerprint density at radius 3 is 2.60 bits per heavy atom. The number of allylic oxidation sites excluding steroid dienone is 1. The van der Waals surface area contributed by atoms with Gasteiger partial charge in [0.05, 0.1) is 17.2 Å². The van der Waals surface area contributed by atoms with Gasteiger partial charge in [0.2, 0.25) is 0 Å². The number of benzene rings is 2. The highest BCUT2D eigenvalue weighted by Gasteiger charge is 2.11. The minimum atomic E-state index is -1.11. The largest absolute Gasteiger partial charge is 0.493 e. The lowest BCUT2D eigenvalue weighted by Crippen LogP contribution is -2.10. The molecule has 0 aromatic heterocycles. The highest BCUT2D eigenvalue weighted by Crippen LogP contribution is 2.29. The number of methoxy groups -OCH3 is 1. The van der Waals surface area contributed by atoms with Crippen molar-refractivity contribution in [2.45, 2.75) is 0 Å². The van der Waals surface area contributed by atoms with E-state index in [1.165, 1.54) is 31.4 Å². The Labute approximate surface area is 154 Å². The molecule has 0 unspecified atom stereocenters. The lowest BCUT2D eigenvalue weighted by Gasteiger charge is -2.10. The fourth-order valence-corrected chi connectivity index (χ4v) is 2.36. The summed E-state index contributed by atoms with van der Waals surface area (Å²) < 4.78 is 10.2. The molecule has 0 heterocycles. The molecular formula is C18H14Cl2O5. The zero-order valence-corrected chi connectivity index (χ0v) is 14.7. The van der Waals surface area contributed by atoms with Gasteiger partial charge in [-0.15, -0.1) is 0 Å². The average molecular weight is 381 g/mol. The molecule has 0 amide bonds. The van der Waals surface area contributed by atoms with Gasteiger partial charge < -0.3 is 14.6 Å². The molecule has 5 nitrogen and oxygen atoms in total. The molecule has 0 radical (unpaired) electrons. The quantitative estimate of drug-likeness (QED) is 0.570. The van der Waals surface area contributed by atoms with E-state index in [1.54, 1.807) is 24.3 Å². The number of hydrogen-bond acceptors (Lipinski definition) is 4. The van der Waals surface area contributed by atoms with Crippen LogP contribution in [0, 0.1) is 0 Å². The van der Waals surface area contributed by atoms with E-state index in [2.05, 4.69) is 0 Å². The monoisotopic (exact) mass is 380 g/mol. The van der Waals surface area contributed by atoms with E-state index in [4.69, 9.17) is 37.8 Å². The fraction of sp³-hybridized carbons (Fsp3) is 0.111. The molecule has 2 rings (SSSR count). The van der Waals surface area contributed by atoms with E-state index in [-0.39, 0.29) is 17.3 Å². The number of carboxylic acid groups (broad SMARTS) is 1. The number of carbonyl (C=O) groups excluding carboxylic acids is 1. The summed E-state index contributed by atoms with van der Waals surface area (Å²) >= 11 is 12.0. The van der Waals surface area contributed by atoms with Crippen LogP contribution in [-0.4, -0.2) is 30.6 Å². The zero-order chi connectivity index (χ0) is 18.4. The van der Waals surface area contributed by atoms with Crippen LogP contribution in [0.1, 0.15) is 15.9 Å². The van der Waals surface area contributed by atoms with Gasteiger partial charge in [0, 0.05) is 5.56 Å². The number of ether oxygens (including phenoxy) is 2. The second-order valence-electron chi connectivity index (χ2n) is 4.89. The summed E-state index contributed by atoms with van der Waals surface area (Å²) in [5.41, 5.74) is 0.977. The van der Waals surface area contributed by atoms with E-state index < -0.39 is 12.6 Å². The summed E-state index contributed by atoms with van der Waals surface area (Å²) in [4.78, 5) is 22.9. The van der Waals surface area contributed by atoms with E-state index in [0.717, 1.165) is 0 Å². The molecule has 130 valence electrons. The third-order valence-corrected chi connectivity index (χ3v) is 4.03. The molecule has 0 aliphatic heterocycles. The van der Waals surface area contributed by atoms with Crippen molar-refractivity contribution in [3.05, 3.63) is 63.6 Å². The van der Waals surface area contributed by atoms with E-state index >= 15 is 0 Å². The molecule has 0 aliphatic rings. The van der Waals surface area contributed by atoms with Crippen LogP contribution in [0.4, 0.5) is 0 Å². The van der Waals surface area contributed by atoms with Crippen LogP contribution in [0.25, 0.3) is 6.08 Å². The predicted molar refractivity (Wildman–Crippen MR) is 96.0 cm³/mol. The van der Waals surface area contributed by atoms with Crippen LogP contribution in [0.2, 0.25) is 10.0 Å². The first-order chi connectivity index (χ1) is 11.9. The Hall–Kier alpha value is -2.50. The summed E-state index contributed by atoms with van der Waals surface area (Å²) in [6.07, 6.45) is 2.93. The molecule has 0 aliphatic carbocycles. The molecule has 0 spiro atoms. The average Bonchev–Trinajstić information content (AvgIpc) is 2.60. The number of aliphatic carboxylic acids is 1. The number of carboxylic acids is 1. The van der Waals surface area contributed by atoms with Crippen molar-refractivity contribution >= 4 is 41.0 Å². The lowest BCUT2D eigenvalue weighted by atomic mass is 10.1. The minimum Gasteiger partial charge on any atom is -0.493 e. The maximum Gasteiger partial charge on any atom is 0.341 e. The topological polar surface area (TPSA) is 72.8 Å². The molecule has 2 aromatic carbocycles. The normalized spacial score (nSPS) is 10.7. The summed E-state index contributed by atoms with van der Waals surface area (Å²) in [6, 6.07) is 9.60. The zero-order valence-electron chi connectivity index (χ0n) is 13.2. The number of halogens is 2. The second kappa shape index (κ2) is 8.55. The second-order valence-corrected chi connectivity index (χ2v) is 5.67. The van der Waals surface area contributed by atoms with Gasteiger partial charge in [-0.05, 0) is 42.0 Å². The molecule has 7 heteroatoms. The maximum atomic E-state index is 12.3. The standard InChI is InChI=1S/C18H14Cl2O5/c1-24-16-9-12(6-8-15(16)25-10-17(22)23)14(21)7-5-11-3-2-4-13(19)18(11)20/h2-9H,10H2,1H3,(H,22,23)/b7-5+. The van der Waals surface area contributed by atoms with Crippen LogP contribution in [0.15, 0.2) is 42.5 Å². The molecule has 25 heavy (non-hydrogen) atoms. The molecular weight excluding hydrogens is 367 g/mol. The SMILES string of the molecule is COc1cc(C(=O)/C=C/c2cccc(Cl)c2Cl)ccc1OCC(=O)O. The maximum absolute atomic E-state index is 12.3. The van der Waals surface area contributed by atoms with Crippen molar-refractivity contribution in [3.63, 3.8) is 0 Å². The van der Waals surface area contributed by atoms with Crippen LogP contribution in [0.3, 0.4) is 0 Å². The molecule has 0 saturated heterocycles. The first-order valence-corrected chi connectivity index (χ1v) is 7.87. The van der Waals surface area contributed by atoms with Gasteiger partial charge >= 0.3 is 5.97 Å². The third kappa shape index (κ3) is 4.98. The van der Waals surface area contributed by atoms with E-state index in [0.29, 0.717) is 21.2 Å². The number of carbonyl (C=O) groups is 2. The summed E-state index contributed by atoms with van der Waals surface area (Å²) in [5.74, 6) is -0.882.